The van der Waals surface area contributed by atoms with Crippen LogP contribution in [0.5, 0.6) is 0 Å². The molecular formula is C32H29N3O4S3. The summed E-state index contributed by atoms with van der Waals surface area (Å²) in [5.74, 6) is 0. The van der Waals surface area contributed by atoms with E-state index < -0.39 is 10.1 Å². The number of hydrogen-bond donors (Lipinski definition) is 0. The van der Waals surface area contributed by atoms with Gasteiger partial charge in [-0.1, -0.05) is 71.9 Å². The van der Waals surface area contributed by atoms with Crippen LogP contribution in [0.25, 0.3) is 11.1 Å². The fourth-order valence-corrected chi connectivity index (χ4v) is 7.27. The predicted octanol–water partition coefficient (Wildman–Crippen LogP) is 3.82. The van der Waals surface area contributed by atoms with Crippen LogP contribution in [0.15, 0.2) is 118 Å². The maximum Gasteiger partial charge on any atom is 0.272 e. The second-order valence-corrected chi connectivity index (χ2v) is 13.2. The van der Waals surface area contributed by atoms with Crippen molar-refractivity contribution >= 4 is 50.0 Å². The molecule has 3 heterocycles. The van der Waals surface area contributed by atoms with Crippen molar-refractivity contribution < 1.29 is 17.5 Å². The molecule has 5 aromatic rings. The molecule has 0 amide bonds. The highest BCUT2D eigenvalue weighted by atomic mass is 32.2. The molecule has 1 aliphatic heterocycles. The number of fused-ring (bicyclic) bond motifs is 1. The molecule has 0 aliphatic carbocycles. The third-order valence-corrected chi connectivity index (χ3v) is 10.0. The van der Waals surface area contributed by atoms with E-state index in [9.17, 15) is 17.8 Å². The number of aromatic nitrogens is 2. The van der Waals surface area contributed by atoms with Crippen LogP contribution in [0.4, 0.5) is 5.69 Å². The summed E-state index contributed by atoms with van der Waals surface area (Å²) in [5.41, 5.74) is 4.29. The minimum atomic E-state index is -4.27. The summed E-state index contributed by atoms with van der Waals surface area (Å²) in [6.07, 6.45) is 4.12. The Morgan fingerprint density at radius 3 is 2.24 bits per heavy atom. The molecule has 0 atom stereocenters. The molecular weight excluding hydrogens is 587 g/mol. The first-order valence-electron chi connectivity index (χ1n) is 13.1. The van der Waals surface area contributed by atoms with E-state index in [0.717, 1.165) is 36.7 Å². The Labute approximate surface area is 253 Å². The van der Waals surface area contributed by atoms with E-state index in [0.29, 0.717) is 6.54 Å². The van der Waals surface area contributed by atoms with Gasteiger partial charge < -0.3 is 9.45 Å². The van der Waals surface area contributed by atoms with Crippen LogP contribution in [0, 0.1) is 6.92 Å². The van der Waals surface area contributed by atoms with E-state index in [4.69, 9.17) is 0 Å². The number of benzene rings is 3. The molecule has 0 saturated carbocycles. The lowest BCUT2D eigenvalue weighted by molar-refractivity contribution is -0.673. The molecule has 0 bridgehead atoms. The summed E-state index contributed by atoms with van der Waals surface area (Å²) in [7, 11) is -0.213. The van der Waals surface area contributed by atoms with Gasteiger partial charge in [-0.2, -0.15) is 0 Å². The summed E-state index contributed by atoms with van der Waals surface area (Å²) in [5, 5.41) is 0.995. The van der Waals surface area contributed by atoms with Gasteiger partial charge >= 0.3 is 0 Å². The number of hydrogen-bond acceptors (Lipinski definition) is 7. The van der Waals surface area contributed by atoms with Crippen LogP contribution in [0.2, 0.25) is 0 Å². The third kappa shape index (κ3) is 6.57. The van der Waals surface area contributed by atoms with Gasteiger partial charge in [-0.05, 0) is 42.8 Å². The van der Waals surface area contributed by atoms with Crippen LogP contribution in [-0.2, 0) is 23.7 Å². The quantitative estimate of drug-likeness (QED) is 0.226. The number of thioether (sulfide) groups is 1. The molecule has 1 aliphatic rings. The number of thiazole rings is 1. The number of aryl methyl sites for hydroxylation is 2. The van der Waals surface area contributed by atoms with Crippen molar-refractivity contribution in [3.05, 3.63) is 140 Å². The van der Waals surface area contributed by atoms with Gasteiger partial charge in [0.25, 0.3) is 5.56 Å². The lowest BCUT2D eigenvalue weighted by atomic mass is 10.2. The largest absolute Gasteiger partial charge is 0.744 e. The zero-order chi connectivity index (χ0) is 29.9. The van der Waals surface area contributed by atoms with E-state index in [1.807, 2.05) is 74.2 Å². The minimum Gasteiger partial charge on any atom is -0.744 e. The number of pyridine rings is 1. The molecule has 0 spiro atoms. The van der Waals surface area contributed by atoms with Gasteiger partial charge in [-0.3, -0.25) is 9.36 Å². The molecule has 214 valence electrons. The van der Waals surface area contributed by atoms with Gasteiger partial charge in [-0.25, -0.2) is 13.0 Å². The van der Waals surface area contributed by atoms with Gasteiger partial charge in [0, 0.05) is 30.2 Å². The van der Waals surface area contributed by atoms with Gasteiger partial charge in [0.05, 0.1) is 17.1 Å². The van der Waals surface area contributed by atoms with Crippen molar-refractivity contribution in [2.45, 2.75) is 23.3 Å². The van der Waals surface area contributed by atoms with Crippen molar-refractivity contribution in [1.82, 2.24) is 4.57 Å². The fraction of sp³-hybridized carbons (Fsp3) is 0.125. The van der Waals surface area contributed by atoms with Crippen molar-refractivity contribution in [3.8, 4) is 0 Å². The second kappa shape index (κ2) is 12.5. The van der Waals surface area contributed by atoms with E-state index in [-0.39, 0.29) is 10.5 Å². The normalized spacial score (nSPS) is 14.4. The van der Waals surface area contributed by atoms with Crippen LogP contribution in [0.1, 0.15) is 16.8 Å². The highest BCUT2D eigenvalue weighted by Gasteiger charge is 2.24. The van der Waals surface area contributed by atoms with Crippen LogP contribution >= 0.6 is 23.1 Å². The Bertz CT molecular complexity index is 2020. The summed E-state index contributed by atoms with van der Waals surface area (Å²) in [4.78, 5) is 16.8. The number of nitrogens with zero attached hydrogens (tertiary/aromatic N) is 3. The van der Waals surface area contributed by atoms with Crippen LogP contribution in [-0.4, -0.2) is 24.6 Å². The van der Waals surface area contributed by atoms with Gasteiger partial charge in [0.1, 0.15) is 31.4 Å². The highest BCUT2D eigenvalue weighted by Crippen LogP contribution is 2.44. The first-order valence-corrected chi connectivity index (χ1v) is 16.1. The van der Waals surface area contributed by atoms with Crippen molar-refractivity contribution in [2.24, 2.45) is 7.05 Å². The van der Waals surface area contributed by atoms with Crippen LogP contribution < -0.4 is 24.2 Å². The maximum atomic E-state index is 13.6. The SMILES string of the molecule is CN1/C(=c2\s/c(=C/c3cccc[n+]3C)n(Cc3ccccc3)c2=O)Sc2ccccc21.Cc1ccc(S(=O)(=O)[O-])cc1. The zero-order valence-corrected chi connectivity index (χ0v) is 25.7. The molecule has 7 nitrogen and oxygen atoms in total. The fourth-order valence-electron chi connectivity index (χ4n) is 4.40. The Hall–Kier alpha value is -3.96. The predicted molar refractivity (Wildman–Crippen MR) is 168 cm³/mol. The van der Waals surface area contributed by atoms with E-state index >= 15 is 0 Å². The topological polar surface area (TPSA) is 86.3 Å². The van der Waals surface area contributed by atoms with Gasteiger partial charge in [-0.15, -0.1) is 11.3 Å². The highest BCUT2D eigenvalue weighted by molar-refractivity contribution is 8.08. The van der Waals surface area contributed by atoms with E-state index in [1.54, 1.807) is 35.2 Å². The number of para-hydroxylation sites is 1. The van der Waals surface area contributed by atoms with E-state index in [1.165, 1.54) is 17.0 Å². The molecule has 0 radical (unpaired) electrons. The Morgan fingerprint density at radius 2 is 1.57 bits per heavy atom. The smallest absolute Gasteiger partial charge is 0.272 e. The molecule has 10 heteroatoms. The Kier molecular flexibility index (Phi) is 8.79. The average Bonchev–Trinajstić information content (AvgIpc) is 3.46. The van der Waals surface area contributed by atoms with Crippen LogP contribution in [0.3, 0.4) is 0 Å². The minimum absolute atomic E-state index is 0.0563. The van der Waals surface area contributed by atoms with Gasteiger partial charge in [0.2, 0.25) is 5.69 Å². The lowest BCUT2D eigenvalue weighted by Crippen LogP contribution is -2.35. The Balaban J connectivity index is 0.000000271. The summed E-state index contributed by atoms with van der Waals surface area (Å²) >= 11 is 3.23. The van der Waals surface area contributed by atoms with Crippen molar-refractivity contribution in [3.63, 3.8) is 0 Å². The molecule has 0 fully saturated rings. The second-order valence-electron chi connectivity index (χ2n) is 9.73. The average molecular weight is 616 g/mol. The molecule has 2 aromatic heterocycles. The molecule has 0 unspecified atom stereocenters. The van der Waals surface area contributed by atoms with Gasteiger partial charge in [0.15, 0.2) is 6.20 Å². The first kappa shape index (κ1) is 29.5. The van der Waals surface area contributed by atoms with Crippen molar-refractivity contribution in [2.75, 3.05) is 11.9 Å². The molecule has 42 heavy (non-hydrogen) atoms. The summed E-state index contributed by atoms with van der Waals surface area (Å²) in [6.45, 7) is 2.37. The summed E-state index contributed by atoms with van der Waals surface area (Å²) in [6, 6.07) is 30.3. The van der Waals surface area contributed by atoms with Crippen molar-refractivity contribution in [1.29, 1.82) is 0 Å². The lowest BCUT2D eigenvalue weighted by Gasteiger charge is -2.11. The zero-order valence-electron chi connectivity index (χ0n) is 23.3. The molecule has 6 rings (SSSR count). The molecule has 0 N–H and O–H groups in total. The first-order chi connectivity index (χ1) is 20.1. The Morgan fingerprint density at radius 1 is 0.905 bits per heavy atom. The third-order valence-electron chi connectivity index (χ3n) is 6.70. The monoisotopic (exact) mass is 615 g/mol. The van der Waals surface area contributed by atoms with E-state index in [2.05, 4.69) is 45.9 Å². The maximum absolute atomic E-state index is 13.6. The molecule has 3 aromatic carbocycles. The number of anilines is 1. The summed E-state index contributed by atoms with van der Waals surface area (Å²) < 4.78 is 36.9. The molecule has 0 saturated heterocycles. The standard InChI is InChI=1S/C25H22N3OS2.C7H8O3S/c1-26-15-9-8-12-19(26)16-22-28(17-18-10-4-3-5-11-18)24(29)23(31-22)25-27(2)20-13-6-7-14-21(20)30-25;1-6-2-4-7(5-3-6)11(8,9)10/h3-16H,17H2,1-2H3;2-5H,1H3,(H,8,9,10)/q+1;/p-1/b25-23+;. The number of rotatable bonds is 4.